The van der Waals surface area contributed by atoms with Gasteiger partial charge in [0.05, 0.1) is 15.1 Å². The Kier molecular flexibility index (Phi) is 7.17. The van der Waals surface area contributed by atoms with Crippen LogP contribution in [0.3, 0.4) is 0 Å². The number of nitrogens with zero attached hydrogens (tertiary/aromatic N) is 1. The number of hydrogen-bond acceptors (Lipinski definition) is 5. The molecule has 1 amide bonds. The number of ether oxygens (including phenoxy) is 1. The molecule has 30 heavy (non-hydrogen) atoms. The summed E-state index contributed by atoms with van der Waals surface area (Å²) in [5.74, 6) is -0.611. The zero-order chi connectivity index (χ0) is 21.6. The maximum absolute atomic E-state index is 13.3. The minimum Gasteiger partial charge on any atom is -0.437 e. The average molecular weight is 493 g/mol. The third-order valence-corrected chi connectivity index (χ3v) is 6.53. The van der Waals surface area contributed by atoms with Crippen LogP contribution in [0, 0.1) is 5.82 Å². The van der Waals surface area contributed by atoms with E-state index in [0.29, 0.717) is 10.2 Å². The number of rotatable bonds is 8. The Bertz CT molecular complexity index is 1140. The van der Waals surface area contributed by atoms with Crippen molar-refractivity contribution >= 4 is 31.7 Å². The molecule has 1 N–H and O–H groups in total. The molecule has 0 unspecified atom stereocenters. The summed E-state index contributed by atoms with van der Waals surface area (Å²) in [5.41, 5.74) is 0.180. The lowest BCUT2D eigenvalue weighted by atomic mass is 10.2. The summed E-state index contributed by atoms with van der Waals surface area (Å²) in [7, 11) is -3.40. The molecule has 0 aliphatic carbocycles. The number of amides is 1. The Morgan fingerprint density at radius 1 is 1.10 bits per heavy atom. The quantitative estimate of drug-likeness (QED) is 0.471. The van der Waals surface area contributed by atoms with Crippen LogP contribution in [0.5, 0.6) is 11.6 Å². The second-order valence-electron chi connectivity index (χ2n) is 6.27. The molecule has 0 atom stereocenters. The highest BCUT2D eigenvalue weighted by molar-refractivity contribution is 9.10. The standard InChI is InChI=1S/C21H18BrFN2O4S/c22-18-14-15(23)9-10-19(18)29-21-17(8-4-11-25-21)20(26)24-12-5-13-30(27,28)16-6-2-1-3-7-16/h1-4,6-11,14H,5,12-13H2,(H,24,26). The Hall–Kier alpha value is -2.78. The van der Waals surface area contributed by atoms with Gasteiger partial charge in [0.25, 0.3) is 5.91 Å². The van der Waals surface area contributed by atoms with Crippen LogP contribution in [-0.2, 0) is 9.84 Å². The highest BCUT2D eigenvalue weighted by Gasteiger charge is 2.17. The van der Waals surface area contributed by atoms with Crippen molar-refractivity contribution < 1.29 is 22.3 Å². The molecule has 0 saturated heterocycles. The first-order chi connectivity index (χ1) is 14.4. The fourth-order valence-electron chi connectivity index (χ4n) is 2.61. The molecule has 0 fully saturated rings. The number of pyridine rings is 1. The average Bonchev–Trinajstić information content (AvgIpc) is 2.74. The number of benzene rings is 2. The summed E-state index contributed by atoms with van der Waals surface area (Å²) in [6.07, 6.45) is 1.72. The van der Waals surface area contributed by atoms with Gasteiger partial charge in [0.15, 0.2) is 9.84 Å². The minimum absolute atomic E-state index is 0.0548. The SMILES string of the molecule is O=C(NCCCS(=O)(=O)c1ccccc1)c1cccnc1Oc1ccc(F)cc1Br. The molecule has 9 heteroatoms. The van der Waals surface area contributed by atoms with Crippen molar-refractivity contribution in [1.82, 2.24) is 10.3 Å². The van der Waals surface area contributed by atoms with Crippen molar-refractivity contribution in [2.75, 3.05) is 12.3 Å². The van der Waals surface area contributed by atoms with Crippen LogP contribution in [-0.4, -0.2) is 31.6 Å². The lowest BCUT2D eigenvalue weighted by Crippen LogP contribution is -2.26. The predicted octanol–water partition coefficient (Wildman–Crippen LogP) is 4.37. The predicted molar refractivity (Wildman–Crippen MR) is 114 cm³/mol. The van der Waals surface area contributed by atoms with E-state index in [9.17, 15) is 17.6 Å². The molecule has 0 bridgehead atoms. The summed E-state index contributed by atoms with van der Waals surface area (Å²) in [6, 6.07) is 15.2. The number of aromatic nitrogens is 1. The molecule has 0 aliphatic rings. The summed E-state index contributed by atoms with van der Waals surface area (Å²) in [5, 5.41) is 2.68. The normalized spacial score (nSPS) is 11.1. The van der Waals surface area contributed by atoms with Crippen LogP contribution >= 0.6 is 15.9 Å². The van der Waals surface area contributed by atoms with Gasteiger partial charge in [-0.1, -0.05) is 18.2 Å². The summed E-state index contributed by atoms with van der Waals surface area (Å²) < 4.78 is 43.9. The van der Waals surface area contributed by atoms with Crippen LogP contribution < -0.4 is 10.1 Å². The third-order valence-electron chi connectivity index (χ3n) is 4.09. The second kappa shape index (κ2) is 9.82. The molecule has 156 valence electrons. The smallest absolute Gasteiger partial charge is 0.256 e. The van der Waals surface area contributed by atoms with Gasteiger partial charge in [0.1, 0.15) is 17.1 Å². The summed E-state index contributed by atoms with van der Waals surface area (Å²) in [4.78, 5) is 16.9. The third kappa shape index (κ3) is 5.64. The number of carbonyl (C=O) groups excluding carboxylic acids is 1. The number of nitrogens with one attached hydrogen (secondary N) is 1. The molecule has 0 spiro atoms. The Morgan fingerprint density at radius 2 is 1.87 bits per heavy atom. The molecule has 3 rings (SSSR count). The second-order valence-corrected chi connectivity index (χ2v) is 9.24. The lowest BCUT2D eigenvalue weighted by Gasteiger charge is -2.11. The topological polar surface area (TPSA) is 85.4 Å². The van der Waals surface area contributed by atoms with Crippen LogP contribution in [0.15, 0.2) is 76.2 Å². The molecule has 0 saturated carbocycles. The fraction of sp³-hybridized carbons (Fsp3) is 0.143. The maximum atomic E-state index is 13.3. The lowest BCUT2D eigenvalue weighted by molar-refractivity contribution is 0.0950. The molecule has 0 radical (unpaired) electrons. The molecule has 3 aromatic rings. The van der Waals surface area contributed by atoms with E-state index in [2.05, 4.69) is 26.2 Å². The van der Waals surface area contributed by atoms with Gasteiger partial charge in [-0.15, -0.1) is 0 Å². The molecule has 0 aliphatic heterocycles. The summed E-state index contributed by atoms with van der Waals surface area (Å²) in [6.45, 7) is 0.166. The van der Waals surface area contributed by atoms with Crippen molar-refractivity contribution in [1.29, 1.82) is 0 Å². The Balaban J connectivity index is 1.61. The van der Waals surface area contributed by atoms with Gasteiger partial charge in [0.2, 0.25) is 5.88 Å². The molecular formula is C21H18BrFN2O4S. The van der Waals surface area contributed by atoms with Gasteiger partial charge in [-0.2, -0.15) is 0 Å². The van der Waals surface area contributed by atoms with E-state index in [1.165, 1.54) is 30.5 Å². The van der Waals surface area contributed by atoms with E-state index in [1.54, 1.807) is 36.4 Å². The van der Waals surface area contributed by atoms with Crippen molar-refractivity contribution in [3.8, 4) is 11.6 Å². The van der Waals surface area contributed by atoms with Gasteiger partial charge in [-0.25, -0.2) is 17.8 Å². The highest BCUT2D eigenvalue weighted by Crippen LogP contribution is 2.30. The molecule has 1 heterocycles. The number of hydrogen-bond donors (Lipinski definition) is 1. The monoisotopic (exact) mass is 492 g/mol. The first-order valence-electron chi connectivity index (χ1n) is 9.01. The van der Waals surface area contributed by atoms with Gasteiger partial charge in [-0.3, -0.25) is 4.79 Å². The zero-order valence-corrected chi connectivity index (χ0v) is 18.1. The fourth-order valence-corrected chi connectivity index (χ4v) is 4.38. The Labute approximate surface area is 182 Å². The largest absolute Gasteiger partial charge is 0.437 e. The van der Waals surface area contributed by atoms with E-state index in [1.807, 2.05) is 0 Å². The van der Waals surface area contributed by atoms with E-state index in [4.69, 9.17) is 4.74 Å². The molecule has 1 aromatic heterocycles. The van der Waals surface area contributed by atoms with Crippen LogP contribution in [0.1, 0.15) is 16.8 Å². The van der Waals surface area contributed by atoms with Crippen molar-refractivity contribution in [2.24, 2.45) is 0 Å². The van der Waals surface area contributed by atoms with Gasteiger partial charge in [0, 0.05) is 12.7 Å². The minimum atomic E-state index is -3.40. The van der Waals surface area contributed by atoms with Crippen molar-refractivity contribution in [3.63, 3.8) is 0 Å². The number of sulfone groups is 1. The van der Waals surface area contributed by atoms with Crippen LogP contribution in [0.2, 0.25) is 0 Å². The van der Waals surface area contributed by atoms with Gasteiger partial charge in [-0.05, 0) is 64.8 Å². The van der Waals surface area contributed by atoms with Gasteiger partial charge >= 0.3 is 0 Å². The maximum Gasteiger partial charge on any atom is 0.256 e. The van der Waals surface area contributed by atoms with E-state index in [-0.39, 0.29) is 35.1 Å². The molecule has 2 aromatic carbocycles. The Morgan fingerprint density at radius 3 is 2.60 bits per heavy atom. The van der Waals surface area contributed by atoms with E-state index >= 15 is 0 Å². The van der Waals surface area contributed by atoms with Crippen molar-refractivity contribution in [3.05, 3.63) is 82.7 Å². The van der Waals surface area contributed by atoms with Crippen LogP contribution in [0.25, 0.3) is 0 Å². The van der Waals surface area contributed by atoms with Crippen molar-refractivity contribution in [2.45, 2.75) is 11.3 Å². The van der Waals surface area contributed by atoms with E-state index in [0.717, 1.165) is 0 Å². The zero-order valence-electron chi connectivity index (χ0n) is 15.7. The molecular weight excluding hydrogens is 475 g/mol. The number of halogens is 2. The summed E-state index contributed by atoms with van der Waals surface area (Å²) >= 11 is 3.21. The molecule has 6 nitrogen and oxygen atoms in total. The number of carbonyl (C=O) groups is 1. The van der Waals surface area contributed by atoms with Crippen LogP contribution in [0.4, 0.5) is 4.39 Å². The highest BCUT2D eigenvalue weighted by atomic mass is 79.9. The first kappa shape index (κ1) is 21.9. The first-order valence-corrected chi connectivity index (χ1v) is 11.5. The van der Waals surface area contributed by atoms with E-state index < -0.39 is 21.6 Å². The van der Waals surface area contributed by atoms with Gasteiger partial charge < -0.3 is 10.1 Å².